The number of rotatable bonds is 48. The molecule has 13 nitrogen and oxygen atoms in total. The molecule has 70 heavy (non-hydrogen) atoms. The van der Waals surface area contributed by atoms with Crippen LogP contribution in [0.4, 0.5) is 0 Å². The molecule has 0 saturated heterocycles. The zero-order valence-electron chi connectivity index (χ0n) is 44.1. The van der Waals surface area contributed by atoms with Crippen molar-refractivity contribution in [2.24, 2.45) is 0 Å². The van der Waals surface area contributed by atoms with Gasteiger partial charge in [0.2, 0.25) is 0 Å². The fourth-order valence-corrected chi connectivity index (χ4v) is 9.64. The summed E-state index contributed by atoms with van der Waals surface area (Å²) >= 11 is 0. The van der Waals surface area contributed by atoms with E-state index in [1.54, 1.807) is 0 Å². The van der Waals surface area contributed by atoms with Crippen LogP contribution in [0.25, 0.3) is 0 Å². The van der Waals surface area contributed by atoms with Crippen molar-refractivity contribution in [1.29, 1.82) is 0 Å². The Morgan fingerprint density at radius 1 is 0.443 bits per heavy atom. The lowest BCUT2D eigenvalue weighted by molar-refractivity contribution is -0.220. The highest BCUT2D eigenvalue weighted by Crippen LogP contribution is 2.47. The van der Waals surface area contributed by atoms with Gasteiger partial charge in [-0.3, -0.25) is 18.6 Å². The number of esters is 2. The Kier molecular flexibility index (Phi) is 43.1. The van der Waals surface area contributed by atoms with Gasteiger partial charge in [-0.15, -0.1) is 0 Å². The van der Waals surface area contributed by atoms with Crippen molar-refractivity contribution < 1.29 is 63.1 Å². The van der Waals surface area contributed by atoms with E-state index in [9.17, 15) is 44.6 Å². The smallest absolute Gasteiger partial charge is 0.462 e. The number of aliphatic hydroxyl groups is 5. The molecule has 0 heterocycles. The third-order valence-corrected chi connectivity index (χ3v) is 14.2. The summed E-state index contributed by atoms with van der Waals surface area (Å²) in [5.41, 5.74) is 0. The lowest BCUT2D eigenvalue weighted by atomic mass is 9.85. The number of hydrogen-bond acceptors (Lipinski definition) is 12. The van der Waals surface area contributed by atoms with E-state index in [0.29, 0.717) is 12.8 Å². The first kappa shape index (κ1) is 66.1. The Balaban J connectivity index is 2.35. The maximum absolute atomic E-state index is 12.9. The molecule has 14 heteroatoms. The highest BCUT2D eigenvalue weighted by molar-refractivity contribution is 7.47. The van der Waals surface area contributed by atoms with Gasteiger partial charge in [-0.2, -0.15) is 0 Å². The molecule has 0 aromatic rings. The minimum absolute atomic E-state index is 0.0946. The minimum atomic E-state index is -5.13. The fraction of sp³-hybridized carbons (Fsp3) is 0.857. The first-order valence-corrected chi connectivity index (χ1v) is 29.8. The second-order valence-electron chi connectivity index (χ2n) is 19.8. The van der Waals surface area contributed by atoms with Gasteiger partial charge in [-0.05, 0) is 70.6 Å². The number of aliphatic hydroxyl groups excluding tert-OH is 5. The number of carbonyl (C=O) groups is 2. The summed E-state index contributed by atoms with van der Waals surface area (Å²) < 4.78 is 33.7. The number of ether oxygens (including phenoxy) is 2. The summed E-state index contributed by atoms with van der Waals surface area (Å²) in [7, 11) is -5.13. The molecule has 1 rings (SSSR count). The van der Waals surface area contributed by atoms with Crippen LogP contribution in [0.3, 0.4) is 0 Å². The molecule has 1 aliphatic carbocycles. The lowest BCUT2D eigenvalue weighted by Gasteiger charge is -2.41. The SMILES string of the molecule is CCCCCCC/C=C\C/C=C\CCCCCCCCCCCCCC(=O)OC(COC(=O)CCCCCCCCC/C=C\CCCCCCCCC)COP(=O)(O)OC1C(O)C(O)C(O)C(O)C1O. The van der Waals surface area contributed by atoms with Crippen LogP contribution in [0, 0.1) is 0 Å². The number of phosphoric acid groups is 1. The van der Waals surface area contributed by atoms with E-state index in [1.807, 2.05) is 0 Å². The van der Waals surface area contributed by atoms with Gasteiger partial charge in [-0.1, -0.05) is 204 Å². The van der Waals surface area contributed by atoms with Crippen molar-refractivity contribution in [3.05, 3.63) is 36.5 Å². The van der Waals surface area contributed by atoms with Crippen molar-refractivity contribution in [3.63, 3.8) is 0 Å². The minimum Gasteiger partial charge on any atom is -0.462 e. The molecular weight excluding hydrogens is 912 g/mol. The third kappa shape index (κ3) is 36.9. The van der Waals surface area contributed by atoms with Gasteiger partial charge in [0, 0.05) is 12.8 Å². The Labute approximate surface area is 425 Å². The van der Waals surface area contributed by atoms with E-state index in [1.165, 1.54) is 141 Å². The molecular formula is C56H103O13P. The van der Waals surface area contributed by atoms with E-state index in [2.05, 4.69) is 50.3 Å². The average molecular weight is 1020 g/mol. The summed E-state index contributed by atoms with van der Waals surface area (Å²) in [4.78, 5) is 35.9. The van der Waals surface area contributed by atoms with Gasteiger partial charge < -0.3 is 39.9 Å². The molecule has 6 N–H and O–H groups in total. The molecule has 0 radical (unpaired) electrons. The van der Waals surface area contributed by atoms with Crippen LogP contribution >= 0.6 is 7.82 Å². The highest BCUT2D eigenvalue weighted by atomic mass is 31.2. The van der Waals surface area contributed by atoms with Crippen molar-refractivity contribution >= 4 is 19.8 Å². The predicted octanol–water partition coefficient (Wildman–Crippen LogP) is 12.9. The molecule has 0 amide bonds. The summed E-state index contributed by atoms with van der Waals surface area (Å²) in [6, 6.07) is 0. The average Bonchev–Trinajstić information content (AvgIpc) is 3.34. The second-order valence-corrected chi connectivity index (χ2v) is 21.2. The summed E-state index contributed by atoms with van der Waals surface area (Å²) in [5, 5.41) is 50.4. The first-order chi connectivity index (χ1) is 33.9. The Hall–Kier alpha value is -1.93. The van der Waals surface area contributed by atoms with E-state index >= 15 is 0 Å². The number of phosphoric ester groups is 1. The topological polar surface area (TPSA) is 210 Å². The summed E-state index contributed by atoms with van der Waals surface area (Å²) in [6.07, 6.45) is 41.8. The van der Waals surface area contributed by atoms with E-state index in [-0.39, 0.29) is 12.8 Å². The van der Waals surface area contributed by atoms with Crippen LogP contribution in [0.2, 0.25) is 0 Å². The highest BCUT2D eigenvalue weighted by Gasteiger charge is 2.51. The van der Waals surface area contributed by atoms with E-state index in [0.717, 1.165) is 70.6 Å². The van der Waals surface area contributed by atoms with Gasteiger partial charge in [0.15, 0.2) is 6.10 Å². The molecule has 6 unspecified atom stereocenters. The van der Waals surface area contributed by atoms with Crippen LogP contribution in [-0.4, -0.2) is 98.3 Å². The van der Waals surface area contributed by atoms with Crippen molar-refractivity contribution in [2.45, 2.75) is 294 Å². The molecule has 1 aliphatic rings. The van der Waals surface area contributed by atoms with Crippen LogP contribution in [-0.2, 0) is 32.7 Å². The van der Waals surface area contributed by atoms with Gasteiger partial charge >= 0.3 is 19.8 Å². The summed E-state index contributed by atoms with van der Waals surface area (Å²) in [6.45, 7) is 3.33. The van der Waals surface area contributed by atoms with Crippen LogP contribution in [0.1, 0.15) is 251 Å². The van der Waals surface area contributed by atoms with Gasteiger partial charge in [-0.25, -0.2) is 4.57 Å². The largest absolute Gasteiger partial charge is 0.472 e. The number of carbonyl (C=O) groups excluding carboxylic acids is 2. The van der Waals surface area contributed by atoms with Gasteiger partial charge in [0.1, 0.15) is 43.2 Å². The zero-order chi connectivity index (χ0) is 51.3. The lowest BCUT2D eigenvalue weighted by Crippen LogP contribution is -2.64. The molecule has 0 aliphatic heterocycles. The zero-order valence-corrected chi connectivity index (χ0v) is 45.0. The molecule has 6 atom stereocenters. The Morgan fingerprint density at radius 2 is 0.771 bits per heavy atom. The molecule has 410 valence electrons. The summed E-state index contributed by atoms with van der Waals surface area (Å²) in [5.74, 6) is -1.10. The van der Waals surface area contributed by atoms with Crippen LogP contribution in [0.5, 0.6) is 0 Å². The van der Waals surface area contributed by atoms with Crippen molar-refractivity contribution in [1.82, 2.24) is 0 Å². The van der Waals surface area contributed by atoms with E-state index in [4.69, 9.17) is 18.5 Å². The van der Waals surface area contributed by atoms with E-state index < -0.39 is 75.7 Å². The van der Waals surface area contributed by atoms with Crippen LogP contribution < -0.4 is 0 Å². The molecule has 0 bridgehead atoms. The predicted molar refractivity (Wildman–Crippen MR) is 281 cm³/mol. The van der Waals surface area contributed by atoms with Crippen LogP contribution in [0.15, 0.2) is 36.5 Å². The standard InChI is InChI=1S/C56H103O13P/c1-3-5-7-9-11-13-15-17-19-21-23-24-25-26-27-29-31-33-35-37-39-41-43-45-50(58)68-48(47-67-70(64,65)69-56-54(62)52(60)51(59)53(61)55(56)63)46-66-49(57)44-42-40-38-36-34-32-30-28-22-20-18-16-14-12-10-8-6-4-2/h15,17,20-23,48,51-56,59-63H,3-14,16,18-19,24-47H2,1-2H3,(H,64,65)/b17-15-,22-20-,23-21-. The monoisotopic (exact) mass is 1010 g/mol. The normalized spacial score (nSPS) is 21.0. The quantitative estimate of drug-likeness (QED) is 0.0145. The number of allylic oxidation sites excluding steroid dienone is 6. The first-order valence-electron chi connectivity index (χ1n) is 28.3. The number of hydrogen-bond donors (Lipinski definition) is 6. The fourth-order valence-electron chi connectivity index (χ4n) is 8.67. The maximum Gasteiger partial charge on any atom is 0.472 e. The van der Waals surface area contributed by atoms with Gasteiger partial charge in [0.05, 0.1) is 6.61 Å². The Morgan fingerprint density at radius 3 is 1.17 bits per heavy atom. The molecule has 1 fully saturated rings. The molecule has 0 aromatic carbocycles. The second kappa shape index (κ2) is 45.7. The third-order valence-electron chi connectivity index (χ3n) is 13.2. The Bertz CT molecular complexity index is 1360. The molecule has 0 aromatic heterocycles. The number of unbranched alkanes of at least 4 members (excludes halogenated alkanes) is 30. The maximum atomic E-state index is 12.9. The molecule has 0 spiro atoms. The van der Waals surface area contributed by atoms with Crippen molar-refractivity contribution in [2.75, 3.05) is 13.2 Å². The van der Waals surface area contributed by atoms with Crippen molar-refractivity contribution in [3.8, 4) is 0 Å². The van der Waals surface area contributed by atoms with Gasteiger partial charge in [0.25, 0.3) is 0 Å². The molecule has 1 saturated carbocycles.